The van der Waals surface area contributed by atoms with E-state index in [0.29, 0.717) is 31.1 Å². The maximum atomic E-state index is 12.2. The van der Waals surface area contributed by atoms with Gasteiger partial charge in [-0.1, -0.05) is 0 Å². The van der Waals surface area contributed by atoms with Crippen LogP contribution in [0.2, 0.25) is 0 Å². The minimum Gasteiger partial charge on any atom is -0.395 e. The fraction of sp³-hybridized carbons (Fsp3) is 0.545. The zero-order valence-corrected chi connectivity index (χ0v) is 10.6. The number of hydrazine groups is 1. The third-order valence-electron chi connectivity index (χ3n) is 3.11. The average molecular weight is 266 g/mol. The normalized spacial score (nSPS) is 16.4. The van der Waals surface area contributed by atoms with Gasteiger partial charge in [-0.05, 0) is 12.1 Å². The van der Waals surface area contributed by atoms with Gasteiger partial charge in [0.05, 0.1) is 6.61 Å². The molecule has 0 atom stereocenters. The van der Waals surface area contributed by atoms with E-state index in [1.54, 1.807) is 17.0 Å². The second-order valence-corrected chi connectivity index (χ2v) is 4.31. The van der Waals surface area contributed by atoms with E-state index in [9.17, 15) is 4.79 Å². The van der Waals surface area contributed by atoms with Gasteiger partial charge in [0.1, 0.15) is 0 Å². The highest BCUT2D eigenvalue weighted by Gasteiger charge is 2.22. The third kappa shape index (κ3) is 3.37. The average Bonchev–Trinajstić information content (AvgIpc) is 2.48. The van der Waals surface area contributed by atoms with E-state index in [1.165, 1.54) is 0 Å². The Hall–Kier alpha value is -1.77. The summed E-state index contributed by atoms with van der Waals surface area (Å²) in [6, 6.07) is 3.22. The minimum absolute atomic E-state index is 0.125. The summed E-state index contributed by atoms with van der Waals surface area (Å²) < 4.78 is 0. The van der Waals surface area contributed by atoms with E-state index in [4.69, 9.17) is 10.9 Å². The van der Waals surface area contributed by atoms with Gasteiger partial charge in [-0.15, -0.1) is 10.2 Å². The molecule has 0 aliphatic carbocycles. The Morgan fingerprint density at radius 1 is 1.32 bits per heavy atom. The first-order valence-corrected chi connectivity index (χ1v) is 6.17. The first kappa shape index (κ1) is 13.7. The number of rotatable bonds is 4. The van der Waals surface area contributed by atoms with Gasteiger partial charge in [0, 0.05) is 32.7 Å². The minimum atomic E-state index is -0.125. The Bertz CT molecular complexity index is 416. The Morgan fingerprint density at radius 2 is 2.05 bits per heavy atom. The summed E-state index contributed by atoms with van der Waals surface area (Å²) in [6.07, 6.45) is 0. The summed E-state index contributed by atoms with van der Waals surface area (Å²) in [7, 11) is 0. The van der Waals surface area contributed by atoms with Gasteiger partial charge in [-0.2, -0.15) is 0 Å². The predicted octanol–water partition coefficient (Wildman–Crippen LogP) is -1.49. The summed E-state index contributed by atoms with van der Waals surface area (Å²) in [5.41, 5.74) is 2.68. The van der Waals surface area contributed by atoms with E-state index < -0.39 is 0 Å². The topological polar surface area (TPSA) is 108 Å². The van der Waals surface area contributed by atoms with Crippen molar-refractivity contribution in [3.05, 3.63) is 17.8 Å². The lowest BCUT2D eigenvalue weighted by atomic mass is 10.2. The summed E-state index contributed by atoms with van der Waals surface area (Å²) in [5.74, 6) is 5.48. The molecule has 19 heavy (non-hydrogen) atoms. The molecular weight excluding hydrogens is 248 g/mol. The largest absolute Gasteiger partial charge is 0.395 e. The quantitative estimate of drug-likeness (QED) is 0.450. The third-order valence-corrected chi connectivity index (χ3v) is 3.11. The molecule has 104 valence electrons. The molecular formula is C11H18N6O2. The molecule has 2 rings (SSSR count). The van der Waals surface area contributed by atoms with Crippen LogP contribution < -0.4 is 11.3 Å². The summed E-state index contributed by atoms with van der Waals surface area (Å²) in [5, 5.41) is 16.5. The standard InChI is InChI=1S/C11H18N6O2/c12-13-10-2-1-9(14-15-10)11(19)17-5-3-16(4-6-17)7-8-18/h1-2,18H,3-8,12H2,(H,13,15). The molecule has 0 saturated carbocycles. The lowest BCUT2D eigenvalue weighted by Gasteiger charge is -2.34. The smallest absolute Gasteiger partial charge is 0.274 e. The van der Waals surface area contributed by atoms with E-state index in [2.05, 4.69) is 20.5 Å². The van der Waals surface area contributed by atoms with Crippen molar-refractivity contribution in [2.24, 2.45) is 5.84 Å². The van der Waals surface area contributed by atoms with E-state index in [1.807, 2.05) is 0 Å². The SMILES string of the molecule is NNc1ccc(C(=O)N2CCN(CCO)CC2)nn1. The number of piperazine rings is 1. The first-order chi connectivity index (χ1) is 9.24. The number of hydrogen-bond acceptors (Lipinski definition) is 7. The van der Waals surface area contributed by atoms with Crippen molar-refractivity contribution in [2.45, 2.75) is 0 Å². The van der Waals surface area contributed by atoms with Crippen molar-refractivity contribution in [3.8, 4) is 0 Å². The Kier molecular flexibility index (Phi) is 4.61. The van der Waals surface area contributed by atoms with Crippen LogP contribution in [-0.2, 0) is 0 Å². The van der Waals surface area contributed by atoms with E-state index in [-0.39, 0.29) is 12.5 Å². The van der Waals surface area contributed by atoms with Crippen LogP contribution in [0.3, 0.4) is 0 Å². The molecule has 0 aromatic carbocycles. The summed E-state index contributed by atoms with van der Waals surface area (Å²) >= 11 is 0. The van der Waals surface area contributed by atoms with E-state index in [0.717, 1.165) is 13.1 Å². The Labute approximate surface area is 111 Å². The number of nitrogens with one attached hydrogen (secondary N) is 1. The molecule has 1 aromatic heterocycles. The zero-order chi connectivity index (χ0) is 13.7. The molecule has 0 spiro atoms. The second kappa shape index (κ2) is 6.41. The van der Waals surface area contributed by atoms with Crippen LogP contribution in [0.4, 0.5) is 5.82 Å². The number of carbonyl (C=O) groups excluding carboxylic acids is 1. The lowest BCUT2D eigenvalue weighted by molar-refractivity contribution is 0.0608. The number of nitrogens with zero attached hydrogens (tertiary/aromatic N) is 4. The molecule has 0 radical (unpaired) electrons. The highest BCUT2D eigenvalue weighted by Crippen LogP contribution is 2.07. The molecule has 2 heterocycles. The molecule has 4 N–H and O–H groups in total. The number of nitrogens with two attached hydrogens (primary N) is 1. The van der Waals surface area contributed by atoms with Gasteiger partial charge < -0.3 is 15.4 Å². The molecule has 0 bridgehead atoms. The van der Waals surface area contributed by atoms with Crippen molar-refractivity contribution in [1.29, 1.82) is 0 Å². The van der Waals surface area contributed by atoms with Gasteiger partial charge in [0.2, 0.25) is 0 Å². The molecule has 1 saturated heterocycles. The predicted molar refractivity (Wildman–Crippen MR) is 69.3 cm³/mol. The molecule has 1 fully saturated rings. The summed E-state index contributed by atoms with van der Waals surface area (Å²) in [4.78, 5) is 16.0. The van der Waals surface area contributed by atoms with Gasteiger partial charge >= 0.3 is 0 Å². The fourth-order valence-electron chi connectivity index (χ4n) is 2.00. The van der Waals surface area contributed by atoms with Crippen molar-refractivity contribution in [3.63, 3.8) is 0 Å². The number of amides is 1. The molecule has 8 heteroatoms. The first-order valence-electron chi connectivity index (χ1n) is 6.17. The van der Waals surface area contributed by atoms with Gasteiger partial charge in [-0.3, -0.25) is 9.69 Å². The van der Waals surface area contributed by atoms with Gasteiger partial charge in [0.25, 0.3) is 5.91 Å². The second-order valence-electron chi connectivity index (χ2n) is 4.31. The number of β-amino-alcohol motifs (C(OH)–C–C–N with tert-alkyl or cyclic N) is 1. The highest BCUT2D eigenvalue weighted by molar-refractivity contribution is 5.92. The maximum Gasteiger partial charge on any atom is 0.274 e. The molecule has 1 aliphatic heterocycles. The van der Waals surface area contributed by atoms with Crippen LogP contribution in [0.5, 0.6) is 0 Å². The van der Waals surface area contributed by atoms with Crippen LogP contribution in [0.25, 0.3) is 0 Å². The van der Waals surface area contributed by atoms with Crippen molar-refractivity contribution in [1.82, 2.24) is 20.0 Å². The number of hydrogen-bond donors (Lipinski definition) is 3. The number of nitrogen functional groups attached to an aromatic ring is 1. The van der Waals surface area contributed by atoms with Crippen LogP contribution in [0, 0.1) is 0 Å². The molecule has 0 unspecified atom stereocenters. The molecule has 1 amide bonds. The van der Waals surface area contributed by atoms with Gasteiger partial charge in [0.15, 0.2) is 11.5 Å². The molecule has 8 nitrogen and oxygen atoms in total. The van der Waals surface area contributed by atoms with Crippen molar-refractivity contribution >= 4 is 11.7 Å². The van der Waals surface area contributed by atoms with Crippen LogP contribution in [0.15, 0.2) is 12.1 Å². The highest BCUT2D eigenvalue weighted by atomic mass is 16.3. The van der Waals surface area contributed by atoms with Crippen LogP contribution in [-0.4, -0.2) is 70.3 Å². The van der Waals surface area contributed by atoms with Crippen LogP contribution in [0.1, 0.15) is 10.5 Å². The summed E-state index contributed by atoms with van der Waals surface area (Å²) in [6.45, 7) is 3.60. The number of carbonyl (C=O) groups is 1. The Balaban J connectivity index is 1.93. The fourth-order valence-corrected chi connectivity index (χ4v) is 2.00. The lowest BCUT2D eigenvalue weighted by Crippen LogP contribution is -2.49. The zero-order valence-electron chi connectivity index (χ0n) is 10.6. The number of anilines is 1. The number of aromatic nitrogens is 2. The van der Waals surface area contributed by atoms with Crippen molar-refractivity contribution < 1.29 is 9.90 Å². The number of aliphatic hydroxyl groups is 1. The van der Waals surface area contributed by atoms with Crippen molar-refractivity contribution in [2.75, 3.05) is 44.8 Å². The van der Waals surface area contributed by atoms with E-state index >= 15 is 0 Å². The maximum absolute atomic E-state index is 12.2. The van der Waals surface area contributed by atoms with Crippen LogP contribution >= 0.6 is 0 Å². The Morgan fingerprint density at radius 3 is 2.58 bits per heavy atom. The molecule has 1 aromatic rings. The molecule has 1 aliphatic rings. The number of aliphatic hydroxyl groups excluding tert-OH is 1. The van der Waals surface area contributed by atoms with Gasteiger partial charge in [-0.25, -0.2) is 5.84 Å². The monoisotopic (exact) mass is 266 g/mol.